The van der Waals surface area contributed by atoms with Gasteiger partial charge in [-0.25, -0.2) is 0 Å². The van der Waals surface area contributed by atoms with E-state index in [-0.39, 0.29) is 58.2 Å². The van der Waals surface area contributed by atoms with Crippen LogP contribution in [0.2, 0.25) is 0 Å². The summed E-state index contributed by atoms with van der Waals surface area (Å²) in [6, 6.07) is 0. The summed E-state index contributed by atoms with van der Waals surface area (Å²) in [5, 5.41) is 0. The average Bonchev–Trinajstić information content (AvgIpc) is 0.722. The maximum atomic E-state index is 10.0. The first-order valence-electron chi connectivity index (χ1n) is 0.703. The Hall–Kier alpha value is 1.86. The molecule has 0 amide bonds. The summed E-state index contributed by atoms with van der Waals surface area (Å²) in [5.74, 6) is 0. The molecule has 0 unspecified atom stereocenters. The van der Waals surface area contributed by atoms with E-state index >= 15 is 0 Å². The Kier molecular flexibility index (Phi) is 6.84. The summed E-state index contributed by atoms with van der Waals surface area (Å²) in [5.41, 5.74) is 0. The zero-order valence-electron chi connectivity index (χ0n) is 3.02. The van der Waals surface area contributed by atoms with Crippen LogP contribution in [-0.2, 0) is 4.57 Å². The van der Waals surface area contributed by atoms with Gasteiger partial charge in [0.05, 0.1) is 0 Å². The van der Waals surface area contributed by atoms with Gasteiger partial charge in [0.1, 0.15) is 0 Å². The molecule has 0 aliphatic carbocycles. The summed E-state index contributed by atoms with van der Waals surface area (Å²) in [6.45, 7) is 0. The molecular formula is F2O2PRb. The van der Waals surface area contributed by atoms with Crippen molar-refractivity contribution in [2.24, 2.45) is 0 Å². The molecule has 32 valence electrons. The van der Waals surface area contributed by atoms with Crippen LogP contribution < -0.4 is 63.1 Å². The molecular weight excluding hydrogens is 186 g/mol. The summed E-state index contributed by atoms with van der Waals surface area (Å²) < 4.78 is 28.4. The van der Waals surface area contributed by atoms with Crippen LogP contribution in [0, 0.1) is 0 Å². The largest absolute Gasteiger partial charge is 1.00 e. The summed E-state index contributed by atoms with van der Waals surface area (Å²) in [4.78, 5) is 8.33. The number of hydrogen-bond donors (Lipinski definition) is 0. The molecule has 0 N–H and O–H groups in total. The van der Waals surface area contributed by atoms with Gasteiger partial charge in [-0.2, -0.15) is 8.39 Å². The van der Waals surface area contributed by atoms with Gasteiger partial charge in [0.2, 0.25) is 0 Å². The zero-order valence-corrected chi connectivity index (χ0v) is 8.83. The first kappa shape index (κ1) is 10.8. The molecule has 2 nitrogen and oxygen atoms in total. The van der Waals surface area contributed by atoms with Gasteiger partial charge in [0, 0.05) is 0 Å². The topological polar surface area (TPSA) is 40.1 Å². The molecule has 0 radical (unpaired) electrons. The zero-order chi connectivity index (χ0) is 4.50. The summed E-state index contributed by atoms with van der Waals surface area (Å²) >= 11 is 0. The Morgan fingerprint density at radius 1 is 1.50 bits per heavy atom. The van der Waals surface area contributed by atoms with Crippen molar-refractivity contribution in [2.75, 3.05) is 0 Å². The van der Waals surface area contributed by atoms with Crippen LogP contribution in [0.5, 0.6) is 0 Å². The molecule has 6 heavy (non-hydrogen) atoms. The van der Waals surface area contributed by atoms with Crippen molar-refractivity contribution in [2.45, 2.75) is 0 Å². The van der Waals surface area contributed by atoms with Gasteiger partial charge in [-0.3, -0.25) is 4.57 Å². The normalized spacial score (nSPS) is 9.83. The first-order valence-corrected chi connectivity index (χ1v) is 2.11. The Morgan fingerprint density at radius 2 is 1.50 bits per heavy atom. The third-order valence-corrected chi connectivity index (χ3v) is 0. The molecule has 0 aromatic carbocycles. The second kappa shape index (κ2) is 3.81. The van der Waals surface area contributed by atoms with Gasteiger partial charge in [-0.05, 0) is 0 Å². The van der Waals surface area contributed by atoms with Crippen LogP contribution in [0.15, 0.2) is 0 Å². The van der Waals surface area contributed by atoms with Crippen LogP contribution in [0.1, 0.15) is 0 Å². The van der Waals surface area contributed by atoms with Crippen molar-refractivity contribution in [1.29, 1.82) is 0 Å². The second-order valence-corrected chi connectivity index (χ2v) is 1.24. The van der Waals surface area contributed by atoms with Crippen molar-refractivity contribution in [3.63, 3.8) is 0 Å². The van der Waals surface area contributed by atoms with E-state index < -0.39 is 7.99 Å². The Morgan fingerprint density at radius 3 is 1.50 bits per heavy atom. The number of hydrogen-bond acceptors (Lipinski definition) is 2. The molecule has 0 fully saturated rings. The second-order valence-electron chi connectivity index (χ2n) is 0.414. The number of rotatable bonds is 0. The molecule has 0 aromatic heterocycles. The van der Waals surface area contributed by atoms with E-state index in [9.17, 15) is 8.39 Å². The Bertz CT molecular complexity index is 57.7. The monoisotopic (exact) mass is 186 g/mol. The fourth-order valence-corrected chi connectivity index (χ4v) is 0. The smallest absolute Gasteiger partial charge is 0.749 e. The maximum absolute atomic E-state index is 10.0. The van der Waals surface area contributed by atoms with Crippen molar-refractivity contribution < 1.29 is 76.0 Å². The van der Waals surface area contributed by atoms with Crippen molar-refractivity contribution in [3.8, 4) is 0 Å². The van der Waals surface area contributed by atoms with E-state index in [2.05, 4.69) is 0 Å². The van der Waals surface area contributed by atoms with Crippen LogP contribution in [0.25, 0.3) is 0 Å². The molecule has 0 saturated heterocycles. The van der Waals surface area contributed by atoms with E-state index in [0.29, 0.717) is 0 Å². The molecule has 0 heterocycles. The minimum absolute atomic E-state index is 0. The van der Waals surface area contributed by atoms with Gasteiger partial charge in [-0.1, -0.05) is 0 Å². The van der Waals surface area contributed by atoms with Crippen LogP contribution in [0.3, 0.4) is 0 Å². The molecule has 0 aliphatic rings. The van der Waals surface area contributed by atoms with Gasteiger partial charge >= 0.3 is 66.2 Å². The minimum Gasteiger partial charge on any atom is -0.749 e. The molecule has 0 spiro atoms. The third-order valence-electron chi connectivity index (χ3n) is 0. The van der Waals surface area contributed by atoms with E-state index in [1.807, 2.05) is 0 Å². The van der Waals surface area contributed by atoms with Gasteiger partial charge in [0.25, 0.3) is 0 Å². The molecule has 0 atom stereocenters. The van der Waals surface area contributed by atoms with Crippen LogP contribution in [-0.4, -0.2) is 0 Å². The molecule has 0 bridgehead atoms. The van der Waals surface area contributed by atoms with Gasteiger partial charge in [-0.15, -0.1) is 0 Å². The minimum atomic E-state index is -5.89. The first-order chi connectivity index (χ1) is 2.00. The fourth-order valence-electron chi connectivity index (χ4n) is 0. The van der Waals surface area contributed by atoms with E-state index in [0.717, 1.165) is 0 Å². The molecule has 0 saturated carbocycles. The van der Waals surface area contributed by atoms with Crippen LogP contribution in [0.4, 0.5) is 8.39 Å². The molecule has 0 aromatic rings. The third kappa shape index (κ3) is 40.1. The maximum Gasteiger partial charge on any atom is 1.00 e. The molecule has 6 heteroatoms. The number of halogens is 2. The molecule has 0 rings (SSSR count). The fraction of sp³-hybridized carbons (Fsp3) is 0. The van der Waals surface area contributed by atoms with Gasteiger partial charge < -0.3 is 4.89 Å². The standard InChI is InChI=1S/F2HO2P.Rb/c1-5(2,3)4;/h(H,3,4);/q;+1/p-1. The van der Waals surface area contributed by atoms with Gasteiger partial charge in [0.15, 0.2) is 0 Å². The summed E-state index contributed by atoms with van der Waals surface area (Å²) in [7, 11) is -5.89. The quantitative estimate of drug-likeness (QED) is 0.389. The predicted octanol–water partition coefficient (Wildman–Crippen LogP) is -2.60. The van der Waals surface area contributed by atoms with E-state index in [4.69, 9.17) is 9.46 Å². The molecule has 0 aliphatic heterocycles. The van der Waals surface area contributed by atoms with Crippen molar-refractivity contribution in [3.05, 3.63) is 0 Å². The van der Waals surface area contributed by atoms with Crippen LogP contribution >= 0.6 is 7.99 Å². The SMILES string of the molecule is O=P([O-])(F)F.[Rb+]. The average molecular weight is 186 g/mol. The Labute approximate surface area is 82.4 Å². The van der Waals surface area contributed by atoms with E-state index in [1.54, 1.807) is 0 Å². The van der Waals surface area contributed by atoms with Crippen molar-refractivity contribution >= 4 is 7.99 Å². The van der Waals surface area contributed by atoms with Crippen molar-refractivity contribution in [1.82, 2.24) is 0 Å². The predicted molar refractivity (Wildman–Crippen MR) is 9.82 cm³/mol. The Balaban J connectivity index is 0. The van der Waals surface area contributed by atoms with E-state index in [1.165, 1.54) is 0 Å². The summed E-state index contributed by atoms with van der Waals surface area (Å²) in [6.07, 6.45) is 0.